The molecule has 0 bridgehead atoms. The van der Waals surface area contributed by atoms with Gasteiger partial charge in [0.25, 0.3) is 5.69 Å². The van der Waals surface area contributed by atoms with E-state index in [-0.39, 0.29) is 11.3 Å². The number of hydrogen-bond donors (Lipinski definition) is 3. The first-order chi connectivity index (χ1) is 12.0. The predicted octanol–water partition coefficient (Wildman–Crippen LogP) is 3.74. The van der Waals surface area contributed by atoms with Gasteiger partial charge in [-0.05, 0) is 37.1 Å². The molecule has 0 aliphatic carbocycles. The summed E-state index contributed by atoms with van der Waals surface area (Å²) in [6, 6.07) is 9.97. The number of carbonyl (C=O) groups is 1. The number of nitro groups is 1. The number of nitrogens with zero attached hydrogens (tertiary/aromatic N) is 1. The van der Waals surface area contributed by atoms with E-state index in [2.05, 4.69) is 16.4 Å². The molecule has 3 aromatic rings. The van der Waals surface area contributed by atoms with Crippen molar-refractivity contribution in [2.24, 2.45) is 0 Å². The number of carboxylic acid groups (broad SMARTS) is 1. The number of nitro benzene ring substituents is 1. The van der Waals surface area contributed by atoms with E-state index in [1.54, 1.807) is 0 Å². The molecule has 0 saturated carbocycles. The third-order valence-corrected chi connectivity index (χ3v) is 4.08. The van der Waals surface area contributed by atoms with Crippen LogP contribution in [0.2, 0.25) is 0 Å². The van der Waals surface area contributed by atoms with E-state index < -0.39 is 10.9 Å². The van der Waals surface area contributed by atoms with Crippen LogP contribution in [0.1, 0.15) is 21.5 Å². The van der Waals surface area contributed by atoms with E-state index in [0.29, 0.717) is 18.7 Å². The SMILES string of the molecule is Cc1ccc2[nH]cc(CCNc3ccc([N+](=O)[O-])cc3C(=O)O)c2c1. The summed E-state index contributed by atoms with van der Waals surface area (Å²) in [6.07, 6.45) is 2.64. The van der Waals surface area contributed by atoms with Crippen LogP contribution in [0.5, 0.6) is 0 Å². The van der Waals surface area contributed by atoms with Crippen LogP contribution in [0, 0.1) is 17.0 Å². The fourth-order valence-electron chi connectivity index (χ4n) is 2.81. The maximum Gasteiger partial charge on any atom is 0.338 e. The van der Waals surface area contributed by atoms with Gasteiger partial charge in [0.2, 0.25) is 0 Å². The van der Waals surface area contributed by atoms with Crippen molar-refractivity contribution in [1.29, 1.82) is 0 Å². The summed E-state index contributed by atoms with van der Waals surface area (Å²) in [5.74, 6) is -1.20. The van der Waals surface area contributed by atoms with Gasteiger partial charge in [-0.2, -0.15) is 0 Å². The molecule has 0 saturated heterocycles. The summed E-state index contributed by atoms with van der Waals surface area (Å²) >= 11 is 0. The second-order valence-corrected chi connectivity index (χ2v) is 5.83. The van der Waals surface area contributed by atoms with Crippen molar-refractivity contribution >= 4 is 28.2 Å². The first-order valence-corrected chi connectivity index (χ1v) is 7.78. The Hall–Kier alpha value is -3.35. The smallest absolute Gasteiger partial charge is 0.338 e. The number of non-ortho nitro benzene ring substituents is 1. The molecule has 7 heteroatoms. The fraction of sp³-hybridized carbons (Fsp3) is 0.167. The van der Waals surface area contributed by atoms with Gasteiger partial charge < -0.3 is 15.4 Å². The van der Waals surface area contributed by atoms with Crippen LogP contribution >= 0.6 is 0 Å². The van der Waals surface area contributed by atoms with Crippen molar-refractivity contribution in [3.05, 3.63) is 69.4 Å². The molecule has 2 aromatic carbocycles. The van der Waals surface area contributed by atoms with E-state index in [4.69, 9.17) is 0 Å². The van der Waals surface area contributed by atoms with Gasteiger partial charge in [-0.25, -0.2) is 4.79 Å². The van der Waals surface area contributed by atoms with Crippen molar-refractivity contribution in [2.45, 2.75) is 13.3 Å². The molecule has 7 nitrogen and oxygen atoms in total. The minimum absolute atomic E-state index is 0.107. The van der Waals surface area contributed by atoms with Crippen LogP contribution in [0.3, 0.4) is 0 Å². The van der Waals surface area contributed by atoms with E-state index in [9.17, 15) is 20.0 Å². The second-order valence-electron chi connectivity index (χ2n) is 5.83. The Morgan fingerprint density at radius 3 is 2.80 bits per heavy atom. The zero-order valence-corrected chi connectivity index (χ0v) is 13.6. The minimum Gasteiger partial charge on any atom is -0.478 e. The van der Waals surface area contributed by atoms with E-state index in [1.165, 1.54) is 17.7 Å². The number of rotatable bonds is 6. The quantitative estimate of drug-likeness (QED) is 0.468. The molecular formula is C18H17N3O4. The highest BCUT2D eigenvalue weighted by Crippen LogP contribution is 2.23. The van der Waals surface area contributed by atoms with Gasteiger partial charge in [-0.1, -0.05) is 11.6 Å². The summed E-state index contributed by atoms with van der Waals surface area (Å²) < 4.78 is 0. The number of aromatic carboxylic acids is 1. The Bertz CT molecular complexity index is 962. The van der Waals surface area contributed by atoms with Crippen LogP contribution in [-0.4, -0.2) is 27.5 Å². The average Bonchev–Trinajstić information content (AvgIpc) is 2.97. The van der Waals surface area contributed by atoms with Crippen LogP contribution in [-0.2, 0) is 6.42 Å². The number of hydrogen-bond acceptors (Lipinski definition) is 4. The predicted molar refractivity (Wildman–Crippen MR) is 95.3 cm³/mol. The lowest BCUT2D eigenvalue weighted by atomic mass is 10.1. The maximum atomic E-state index is 11.3. The van der Waals surface area contributed by atoms with Gasteiger partial charge in [0.1, 0.15) is 0 Å². The van der Waals surface area contributed by atoms with E-state index in [1.807, 2.05) is 25.3 Å². The fourth-order valence-corrected chi connectivity index (χ4v) is 2.81. The largest absolute Gasteiger partial charge is 0.478 e. The molecule has 0 amide bonds. The molecule has 0 unspecified atom stereocenters. The highest BCUT2D eigenvalue weighted by molar-refractivity contribution is 5.95. The molecule has 3 N–H and O–H groups in total. The topological polar surface area (TPSA) is 108 Å². The number of anilines is 1. The van der Waals surface area contributed by atoms with Crippen molar-refractivity contribution in [3.8, 4) is 0 Å². The molecule has 1 heterocycles. The number of aromatic nitrogens is 1. The van der Waals surface area contributed by atoms with Gasteiger partial charge in [0.15, 0.2) is 0 Å². The highest BCUT2D eigenvalue weighted by atomic mass is 16.6. The van der Waals surface area contributed by atoms with Crippen molar-refractivity contribution in [2.75, 3.05) is 11.9 Å². The number of benzene rings is 2. The zero-order valence-electron chi connectivity index (χ0n) is 13.6. The van der Waals surface area contributed by atoms with Crippen LogP contribution < -0.4 is 5.32 Å². The van der Waals surface area contributed by atoms with Crippen LogP contribution in [0.4, 0.5) is 11.4 Å². The Kier molecular flexibility index (Phi) is 4.38. The van der Waals surface area contributed by atoms with Crippen LogP contribution in [0.25, 0.3) is 10.9 Å². The van der Waals surface area contributed by atoms with Crippen LogP contribution in [0.15, 0.2) is 42.6 Å². The number of carboxylic acids is 1. The van der Waals surface area contributed by atoms with Gasteiger partial charge in [0, 0.05) is 41.5 Å². The van der Waals surface area contributed by atoms with Gasteiger partial charge in [-0.15, -0.1) is 0 Å². The Labute approximate surface area is 143 Å². The lowest BCUT2D eigenvalue weighted by Gasteiger charge is -2.09. The molecule has 0 fully saturated rings. The molecule has 1 aromatic heterocycles. The summed E-state index contributed by atoms with van der Waals surface area (Å²) in [7, 11) is 0. The molecular weight excluding hydrogens is 322 g/mol. The number of aryl methyl sites for hydroxylation is 1. The first-order valence-electron chi connectivity index (χ1n) is 7.78. The second kappa shape index (κ2) is 6.64. The molecule has 3 rings (SSSR count). The number of fused-ring (bicyclic) bond motifs is 1. The first kappa shape index (κ1) is 16.5. The van der Waals surface area contributed by atoms with Gasteiger partial charge in [0.05, 0.1) is 10.5 Å². The molecule has 25 heavy (non-hydrogen) atoms. The molecule has 0 aliphatic rings. The lowest BCUT2D eigenvalue weighted by molar-refractivity contribution is -0.384. The highest BCUT2D eigenvalue weighted by Gasteiger charge is 2.16. The monoisotopic (exact) mass is 339 g/mol. The summed E-state index contributed by atoms with van der Waals surface area (Å²) in [5.41, 5.74) is 3.38. The molecule has 0 aliphatic heterocycles. The van der Waals surface area contributed by atoms with E-state index in [0.717, 1.165) is 22.5 Å². The standard InChI is InChI=1S/C18H17N3O4/c1-11-2-4-16-14(8-11)12(10-20-16)6-7-19-17-5-3-13(21(24)25)9-15(17)18(22)23/h2-5,8-10,19-20H,6-7H2,1H3,(H,22,23). The Morgan fingerprint density at radius 1 is 1.28 bits per heavy atom. The average molecular weight is 339 g/mol. The van der Waals surface area contributed by atoms with Crippen molar-refractivity contribution in [3.63, 3.8) is 0 Å². The van der Waals surface area contributed by atoms with Crippen molar-refractivity contribution in [1.82, 2.24) is 4.98 Å². The van der Waals surface area contributed by atoms with Crippen molar-refractivity contribution < 1.29 is 14.8 Å². The summed E-state index contributed by atoms with van der Waals surface area (Å²) in [4.78, 5) is 24.7. The maximum absolute atomic E-state index is 11.3. The number of H-pyrrole nitrogens is 1. The van der Waals surface area contributed by atoms with E-state index >= 15 is 0 Å². The molecule has 128 valence electrons. The van der Waals surface area contributed by atoms with Gasteiger partial charge in [-0.3, -0.25) is 10.1 Å². The normalized spacial score (nSPS) is 10.8. The Balaban J connectivity index is 1.76. The zero-order chi connectivity index (χ0) is 18.0. The number of aromatic amines is 1. The molecule has 0 atom stereocenters. The summed E-state index contributed by atoms with van der Waals surface area (Å²) in [5, 5.41) is 24.3. The minimum atomic E-state index is -1.20. The lowest BCUT2D eigenvalue weighted by Crippen LogP contribution is -2.10. The third kappa shape index (κ3) is 3.45. The summed E-state index contributed by atoms with van der Waals surface area (Å²) in [6.45, 7) is 2.55. The third-order valence-electron chi connectivity index (χ3n) is 4.08. The molecule has 0 radical (unpaired) electrons. The number of nitrogens with one attached hydrogen (secondary N) is 2. The molecule has 0 spiro atoms. The van der Waals surface area contributed by atoms with Gasteiger partial charge >= 0.3 is 5.97 Å². The Morgan fingerprint density at radius 2 is 2.08 bits per heavy atom.